The Morgan fingerprint density at radius 3 is 2.19 bits per heavy atom. The first-order valence-electron chi connectivity index (χ1n) is 9.59. The molecule has 0 atom stereocenters. The number of rotatable bonds is 2. The molecule has 1 aliphatic carbocycles. The van der Waals surface area contributed by atoms with Crippen molar-refractivity contribution in [1.82, 2.24) is 4.98 Å². The second kappa shape index (κ2) is 5.59. The highest BCUT2D eigenvalue weighted by Gasteiger charge is 2.17. The molecule has 0 amide bonds. The van der Waals surface area contributed by atoms with E-state index in [1.165, 1.54) is 61.6 Å². The lowest BCUT2D eigenvalue weighted by Crippen LogP contribution is -1.81. The van der Waals surface area contributed by atoms with Crippen molar-refractivity contribution in [2.24, 2.45) is 0 Å². The highest BCUT2D eigenvalue weighted by molar-refractivity contribution is 6.10. The number of aromatic nitrogens is 1. The van der Waals surface area contributed by atoms with Gasteiger partial charge in [-0.2, -0.15) is 0 Å². The average molecular weight is 345 g/mol. The minimum absolute atomic E-state index is 1.16. The Bertz CT molecular complexity index is 1290. The van der Waals surface area contributed by atoms with Gasteiger partial charge >= 0.3 is 0 Å². The van der Waals surface area contributed by atoms with Gasteiger partial charge in [-0.15, -0.1) is 0 Å². The van der Waals surface area contributed by atoms with Crippen molar-refractivity contribution in [3.63, 3.8) is 0 Å². The normalized spacial score (nSPS) is 12.9. The van der Waals surface area contributed by atoms with Crippen LogP contribution in [-0.4, -0.2) is 4.98 Å². The molecule has 1 aromatic heterocycles. The van der Waals surface area contributed by atoms with Gasteiger partial charge in [0.2, 0.25) is 0 Å². The quantitative estimate of drug-likeness (QED) is 0.364. The number of fused-ring (bicyclic) bond motifs is 2. The predicted molar refractivity (Wildman–Crippen MR) is 114 cm³/mol. The maximum atomic E-state index is 3.70. The molecule has 0 spiro atoms. The first kappa shape index (κ1) is 14.8. The van der Waals surface area contributed by atoms with Crippen molar-refractivity contribution in [3.8, 4) is 22.4 Å². The van der Waals surface area contributed by atoms with Crippen LogP contribution in [0.2, 0.25) is 0 Å². The van der Waals surface area contributed by atoms with Crippen molar-refractivity contribution in [2.75, 3.05) is 0 Å². The summed E-state index contributed by atoms with van der Waals surface area (Å²) in [6, 6.07) is 30.8. The van der Waals surface area contributed by atoms with Crippen molar-refractivity contribution in [3.05, 3.63) is 96.1 Å². The molecule has 0 saturated carbocycles. The topological polar surface area (TPSA) is 15.8 Å². The number of aryl methyl sites for hydroxylation is 2. The van der Waals surface area contributed by atoms with Crippen molar-refractivity contribution in [1.29, 1.82) is 0 Å². The van der Waals surface area contributed by atoms with Gasteiger partial charge in [0, 0.05) is 16.5 Å². The van der Waals surface area contributed by atoms with Crippen LogP contribution in [0.1, 0.15) is 11.1 Å². The molecule has 0 unspecified atom stereocenters. The van der Waals surface area contributed by atoms with E-state index < -0.39 is 0 Å². The van der Waals surface area contributed by atoms with E-state index in [2.05, 4.69) is 89.9 Å². The maximum absolute atomic E-state index is 3.70. The van der Waals surface area contributed by atoms with Gasteiger partial charge in [-0.25, -0.2) is 0 Å². The van der Waals surface area contributed by atoms with E-state index in [1.54, 1.807) is 0 Å². The minimum atomic E-state index is 1.16. The van der Waals surface area contributed by atoms with E-state index in [0.29, 0.717) is 0 Å². The molecule has 0 fully saturated rings. The van der Waals surface area contributed by atoms with Crippen molar-refractivity contribution >= 4 is 21.7 Å². The zero-order valence-corrected chi connectivity index (χ0v) is 15.0. The van der Waals surface area contributed by atoms with Crippen LogP contribution < -0.4 is 0 Å². The second-order valence-corrected chi connectivity index (χ2v) is 7.47. The fourth-order valence-electron chi connectivity index (χ4n) is 4.56. The van der Waals surface area contributed by atoms with Crippen molar-refractivity contribution < 1.29 is 0 Å². The van der Waals surface area contributed by atoms with Gasteiger partial charge in [0.05, 0.1) is 5.52 Å². The van der Waals surface area contributed by atoms with Crippen LogP contribution in [-0.2, 0) is 12.8 Å². The molecule has 0 saturated heterocycles. The minimum Gasteiger partial charge on any atom is -0.354 e. The molecule has 0 bridgehead atoms. The molecule has 4 aromatic carbocycles. The largest absolute Gasteiger partial charge is 0.354 e. The zero-order chi connectivity index (χ0) is 17.8. The average Bonchev–Trinajstić information content (AvgIpc) is 3.35. The summed E-state index contributed by atoms with van der Waals surface area (Å²) in [4.78, 5) is 3.70. The smallest absolute Gasteiger partial charge is 0.0538 e. The van der Waals surface area contributed by atoms with Crippen LogP contribution >= 0.6 is 0 Å². The highest BCUT2D eigenvalue weighted by Crippen LogP contribution is 2.37. The van der Waals surface area contributed by atoms with Gasteiger partial charge in [-0.05, 0) is 58.2 Å². The SMILES string of the molecule is c1ccc(-c2ccc(-c3cc4cc5c6c(cccc6c4[nH]3)CC5)cc2)cc1. The van der Waals surface area contributed by atoms with E-state index in [9.17, 15) is 0 Å². The van der Waals surface area contributed by atoms with Gasteiger partial charge in [0.1, 0.15) is 0 Å². The van der Waals surface area contributed by atoms with Gasteiger partial charge in [-0.1, -0.05) is 72.8 Å². The molecule has 0 radical (unpaired) electrons. The van der Waals surface area contributed by atoms with Crippen LogP contribution in [0.4, 0.5) is 0 Å². The number of benzene rings is 4. The zero-order valence-electron chi connectivity index (χ0n) is 15.0. The molecule has 1 heteroatoms. The maximum Gasteiger partial charge on any atom is 0.0538 e. The number of H-pyrrole nitrogens is 1. The first-order chi connectivity index (χ1) is 13.4. The third-order valence-corrected chi connectivity index (χ3v) is 5.89. The molecule has 6 rings (SSSR count). The van der Waals surface area contributed by atoms with Crippen molar-refractivity contribution in [2.45, 2.75) is 12.8 Å². The summed E-state index contributed by atoms with van der Waals surface area (Å²) in [6.45, 7) is 0. The van der Waals surface area contributed by atoms with Gasteiger partial charge in [0.15, 0.2) is 0 Å². The molecule has 1 aliphatic rings. The number of hydrogen-bond acceptors (Lipinski definition) is 0. The molecular formula is C26H19N. The molecule has 128 valence electrons. The van der Waals surface area contributed by atoms with E-state index in [0.717, 1.165) is 6.42 Å². The molecule has 1 heterocycles. The Morgan fingerprint density at radius 1 is 0.593 bits per heavy atom. The molecule has 1 N–H and O–H groups in total. The van der Waals surface area contributed by atoms with Crippen LogP contribution in [0, 0.1) is 0 Å². The Kier molecular flexibility index (Phi) is 3.06. The Labute approximate surface area is 158 Å². The molecule has 1 nitrogen and oxygen atoms in total. The summed E-state index contributed by atoms with van der Waals surface area (Å²) < 4.78 is 0. The fourth-order valence-corrected chi connectivity index (χ4v) is 4.56. The standard InChI is InChI=1S/C26H19N/c1-2-5-17(6-3-1)18-9-11-19(12-10-18)24-16-22-15-21-14-13-20-7-4-8-23(25(20)21)26(22)27-24/h1-12,15-16,27H,13-14H2. The summed E-state index contributed by atoms with van der Waals surface area (Å²) in [5.74, 6) is 0. The van der Waals surface area contributed by atoms with Crippen LogP contribution in [0.5, 0.6) is 0 Å². The van der Waals surface area contributed by atoms with E-state index in [-0.39, 0.29) is 0 Å². The van der Waals surface area contributed by atoms with Gasteiger partial charge in [0.25, 0.3) is 0 Å². The summed E-state index contributed by atoms with van der Waals surface area (Å²) in [6.07, 6.45) is 2.34. The lowest BCUT2D eigenvalue weighted by Gasteiger charge is -2.04. The lowest BCUT2D eigenvalue weighted by molar-refractivity contribution is 1.03. The Hall–Kier alpha value is -3.32. The summed E-state index contributed by atoms with van der Waals surface area (Å²) in [7, 11) is 0. The monoisotopic (exact) mass is 345 g/mol. The third-order valence-electron chi connectivity index (χ3n) is 5.89. The molecule has 0 aliphatic heterocycles. The first-order valence-corrected chi connectivity index (χ1v) is 9.59. The number of hydrogen-bond donors (Lipinski definition) is 1. The molecular weight excluding hydrogens is 326 g/mol. The predicted octanol–water partition coefficient (Wildman–Crippen LogP) is 6.75. The fraction of sp³-hybridized carbons (Fsp3) is 0.0769. The third kappa shape index (κ3) is 2.25. The summed E-state index contributed by atoms with van der Waals surface area (Å²) in [5.41, 5.74) is 9.18. The summed E-state index contributed by atoms with van der Waals surface area (Å²) >= 11 is 0. The molecule has 27 heavy (non-hydrogen) atoms. The number of nitrogens with one attached hydrogen (secondary N) is 1. The Morgan fingerprint density at radius 2 is 1.33 bits per heavy atom. The second-order valence-electron chi connectivity index (χ2n) is 7.47. The summed E-state index contributed by atoms with van der Waals surface area (Å²) in [5, 5.41) is 4.15. The van der Waals surface area contributed by atoms with E-state index >= 15 is 0 Å². The van der Waals surface area contributed by atoms with Crippen LogP contribution in [0.15, 0.2) is 84.9 Å². The van der Waals surface area contributed by atoms with Crippen LogP contribution in [0.3, 0.4) is 0 Å². The van der Waals surface area contributed by atoms with Crippen LogP contribution in [0.25, 0.3) is 44.1 Å². The van der Waals surface area contributed by atoms with Gasteiger partial charge < -0.3 is 4.98 Å². The van der Waals surface area contributed by atoms with Gasteiger partial charge in [-0.3, -0.25) is 0 Å². The van der Waals surface area contributed by atoms with E-state index in [4.69, 9.17) is 0 Å². The Balaban J connectivity index is 1.49. The number of aromatic amines is 1. The lowest BCUT2D eigenvalue weighted by atomic mass is 10.0. The molecule has 5 aromatic rings. The van der Waals surface area contributed by atoms with E-state index in [1.807, 2.05) is 0 Å². The highest BCUT2D eigenvalue weighted by atomic mass is 14.7.